The molecular weight excluding hydrogens is 817 g/mol. The van der Waals surface area contributed by atoms with Crippen LogP contribution in [-0.4, -0.2) is 0 Å². The average Bonchev–Trinajstić information content (AvgIpc) is 4.14. The quantitative estimate of drug-likeness (QED) is 0.227. The molecule has 0 N–H and O–H groups in total. The first-order chi connectivity index (χ1) is 31.6. The van der Waals surface area contributed by atoms with Gasteiger partial charge >= 0.3 is 0 Å². The van der Waals surface area contributed by atoms with E-state index in [4.69, 9.17) is 0 Å². The largest absolute Gasteiger partial charge is 0.0776 e. The summed E-state index contributed by atoms with van der Waals surface area (Å²) in [5.74, 6) is 22.3. The lowest BCUT2D eigenvalue weighted by atomic mass is 9.55. The van der Waals surface area contributed by atoms with Crippen LogP contribution >= 0.6 is 0 Å². The molecule has 14 atom stereocenters. The average molecular weight is 946 g/mol. The summed E-state index contributed by atoms with van der Waals surface area (Å²) in [5, 5.41) is 0. The van der Waals surface area contributed by atoms with Crippen molar-refractivity contribution in [2.45, 2.75) is 314 Å². The minimum Gasteiger partial charge on any atom is -0.0776 e. The lowest BCUT2D eigenvalue weighted by molar-refractivity contribution is -0.00711. The highest BCUT2D eigenvalue weighted by atomic mass is 14.5. The van der Waals surface area contributed by atoms with Crippen molar-refractivity contribution in [3.63, 3.8) is 0 Å². The third kappa shape index (κ3) is 17.0. The Morgan fingerprint density at radius 3 is 0.706 bits per heavy atom. The van der Waals surface area contributed by atoms with Crippen LogP contribution in [0.2, 0.25) is 0 Å². The van der Waals surface area contributed by atoms with E-state index in [1.807, 2.05) is 0 Å². The predicted molar refractivity (Wildman–Crippen MR) is 304 cm³/mol. The predicted octanol–water partition coefficient (Wildman–Crippen LogP) is 22.7. The van der Waals surface area contributed by atoms with Gasteiger partial charge in [0.2, 0.25) is 0 Å². The summed E-state index contributed by atoms with van der Waals surface area (Å²) in [5.41, 5.74) is 0. The summed E-state index contributed by atoms with van der Waals surface area (Å²) in [4.78, 5) is 0. The molecule has 0 bridgehead atoms. The molecule has 0 amide bonds. The molecule has 0 aromatic rings. The maximum Gasteiger partial charge on any atom is -0.0329 e. The lowest BCUT2D eigenvalue weighted by Gasteiger charge is -2.51. The maximum absolute atomic E-state index is 2.49. The fourth-order valence-electron chi connectivity index (χ4n) is 20.2. The van der Waals surface area contributed by atoms with Crippen LogP contribution in [0.15, 0.2) is 0 Å². The van der Waals surface area contributed by atoms with Crippen molar-refractivity contribution in [1.82, 2.24) is 0 Å². The monoisotopic (exact) mass is 945 g/mol. The number of fused-ring (bicyclic) bond motifs is 5. The van der Waals surface area contributed by atoms with Gasteiger partial charge in [0.05, 0.1) is 0 Å². The second-order valence-electron chi connectivity index (χ2n) is 28.5. The minimum absolute atomic E-state index is 0. The van der Waals surface area contributed by atoms with E-state index in [1.54, 1.807) is 180 Å². The van der Waals surface area contributed by atoms with Crippen LogP contribution in [0.25, 0.3) is 0 Å². The Balaban J connectivity index is 0.000000152. The van der Waals surface area contributed by atoms with Crippen molar-refractivity contribution in [1.29, 1.82) is 0 Å². The van der Waals surface area contributed by atoms with Crippen LogP contribution in [0, 0.1) is 118 Å². The second-order valence-corrected chi connectivity index (χ2v) is 28.5. The summed E-state index contributed by atoms with van der Waals surface area (Å²) in [6, 6.07) is 0. The minimum atomic E-state index is 0. The zero-order valence-electron chi connectivity index (χ0n) is 45.1. The molecule has 0 spiro atoms. The van der Waals surface area contributed by atoms with Crippen molar-refractivity contribution in [2.75, 3.05) is 0 Å². The molecule has 0 radical (unpaired) electrons. The molecule has 0 saturated heterocycles. The van der Waals surface area contributed by atoms with Crippen molar-refractivity contribution in [3.05, 3.63) is 0 Å². The van der Waals surface area contributed by atoms with Gasteiger partial charge in [-0.1, -0.05) is 237 Å². The van der Waals surface area contributed by atoms with Gasteiger partial charge in [-0.25, -0.2) is 0 Å². The van der Waals surface area contributed by atoms with E-state index in [0.29, 0.717) is 0 Å². The molecule has 400 valence electrons. The Bertz CT molecular complexity index is 1250. The van der Waals surface area contributed by atoms with Crippen LogP contribution in [0.4, 0.5) is 0 Å². The van der Waals surface area contributed by atoms with E-state index in [0.717, 1.165) is 112 Å². The first-order valence-corrected chi connectivity index (χ1v) is 31.6. The highest BCUT2D eigenvalue weighted by Gasteiger charge is 2.44. The van der Waals surface area contributed by atoms with Gasteiger partial charge in [0.25, 0.3) is 0 Å². The Labute approximate surface area is 430 Å². The molecule has 0 heteroatoms. The van der Waals surface area contributed by atoms with Crippen molar-refractivity contribution in [2.24, 2.45) is 118 Å². The van der Waals surface area contributed by atoms with Crippen molar-refractivity contribution in [3.8, 4) is 0 Å². The molecule has 0 aromatic heterocycles. The summed E-state index contributed by atoms with van der Waals surface area (Å²) in [7, 11) is 0. The third-order valence-electron chi connectivity index (χ3n) is 23.1. The lowest BCUT2D eigenvalue weighted by Crippen LogP contribution is -2.41. The van der Waals surface area contributed by atoms with Gasteiger partial charge in [-0.3, -0.25) is 0 Å². The molecule has 13 fully saturated rings. The zero-order valence-corrected chi connectivity index (χ0v) is 45.1. The van der Waals surface area contributed by atoms with Crippen LogP contribution < -0.4 is 0 Å². The van der Waals surface area contributed by atoms with E-state index < -0.39 is 0 Å². The highest BCUT2D eigenvalue weighted by molar-refractivity contribution is 4.94. The number of hydrogen-bond donors (Lipinski definition) is 0. The van der Waals surface area contributed by atoms with Gasteiger partial charge in [0.1, 0.15) is 0 Å². The Kier molecular flexibility index (Phi) is 25.8. The standard InChI is InChI=1S/C14H24.2C11H20.2C10H18.C9H16.3CH4/c1-10-8-12-6-2-4-11-5-3-7-13(9-10)14(11)12;1-9-6-7-10-4-2-3-5-11(10)8-9;1-9-7-10-5-3-2-4-6-11(10)8-9;1-8-5-6-9-3-2-4-10(9)7-8;1-8-6-9-4-2-3-5-10(9)7-8;1-7-5-8-3-2-4-9(8)6-7;;;/h10-14H,2-9H2,1H3;2*9-11H,2-8H2,1H3;2*8-10H,2-7H2,1H3;7-9H,2-6H2,1H3;3*1H4. The zero-order chi connectivity index (χ0) is 45.1. The normalized spacial score (nSPS) is 45.8. The van der Waals surface area contributed by atoms with Crippen molar-refractivity contribution < 1.29 is 0 Å². The summed E-state index contributed by atoms with van der Waals surface area (Å²) < 4.78 is 0. The Morgan fingerprint density at radius 2 is 0.368 bits per heavy atom. The fourth-order valence-corrected chi connectivity index (χ4v) is 20.2. The van der Waals surface area contributed by atoms with Crippen LogP contribution in [0.5, 0.6) is 0 Å². The second kappa shape index (κ2) is 29.8. The van der Waals surface area contributed by atoms with E-state index in [9.17, 15) is 0 Å². The molecular formula is C68H128. The van der Waals surface area contributed by atoms with E-state index in [1.165, 1.54) is 76.5 Å². The topological polar surface area (TPSA) is 0 Å². The van der Waals surface area contributed by atoms with Gasteiger partial charge in [0.15, 0.2) is 0 Å². The van der Waals surface area contributed by atoms with Gasteiger partial charge in [-0.15, -0.1) is 0 Å². The summed E-state index contributed by atoms with van der Waals surface area (Å²) in [6.07, 6.45) is 60.2. The van der Waals surface area contributed by atoms with Crippen LogP contribution in [-0.2, 0) is 0 Å². The van der Waals surface area contributed by atoms with E-state index in [-0.39, 0.29) is 22.3 Å². The molecule has 68 heavy (non-hydrogen) atoms. The fraction of sp³-hybridized carbons (Fsp3) is 1.00. The maximum atomic E-state index is 2.49. The van der Waals surface area contributed by atoms with Crippen LogP contribution in [0.1, 0.15) is 314 Å². The molecule has 0 heterocycles. The molecule has 13 aliphatic rings. The first kappa shape index (κ1) is 58.9. The van der Waals surface area contributed by atoms with E-state index >= 15 is 0 Å². The smallest absolute Gasteiger partial charge is 0.0329 e. The molecule has 14 unspecified atom stereocenters. The third-order valence-corrected chi connectivity index (χ3v) is 23.1. The van der Waals surface area contributed by atoms with E-state index in [2.05, 4.69) is 41.5 Å². The molecule has 13 saturated carbocycles. The Morgan fingerprint density at radius 1 is 0.162 bits per heavy atom. The molecule has 13 aliphatic carbocycles. The van der Waals surface area contributed by atoms with Gasteiger partial charge in [-0.05, 0) is 195 Å². The molecule has 0 aliphatic heterocycles. The number of rotatable bonds is 0. The van der Waals surface area contributed by atoms with Gasteiger partial charge in [0, 0.05) is 0 Å². The van der Waals surface area contributed by atoms with Crippen LogP contribution in [0.3, 0.4) is 0 Å². The van der Waals surface area contributed by atoms with Gasteiger partial charge < -0.3 is 0 Å². The molecule has 13 rings (SSSR count). The van der Waals surface area contributed by atoms with Gasteiger partial charge in [-0.2, -0.15) is 0 Å². The Hall–Kier alpha value is 0. The summed E-state index contributed by atoms with van der Waals surface area (Å²) >= 11 is 0. The first-order valence-electron chi connectivity index (χ1n) is 31.6. The number of hydrogen-bond acceptors (Lipinski definition) is 0. The molecule has 0 nitrogen and oxygen atoms in total. The summed E-state index contributed by atoms with van der Waals surface area (Å²) in [6.45, 7) is 14.6. The highest BCUT2D eigenvalue weighted by Crippen LogP contribution is 2.54. The van der Waals surface area contributed by atoms with Crippen molar-refractivity contribution >= 4 is 0 Å². The SMILES string of the molecule is C.C.C.CC1CC2CCCC2C1.CC1CC2CCCC3CCCC(C1)C32.CC1CC2CCCCC2C1.CC1CC2CCCCCC2C1.CC1CCC2CCCC2C1.CC1CCC2CCCCC2C1. The molecule has 0 aromatic carbocycles.